The maximum Gasteiger partial charge on any atom is 0.323 e. The van der Waals surface area contributed by atoms with Crippen LogP contribution in [0.5, 0.6) is 23.0 Å². The number of benzene rings is 6. The summed E-state index contributed by atoms with van der Waals surface area (Å²) in [6.07, 6.45) is 4.61. The van der Waals surface area contributed by atoms with E-state index in [9.17, 15) is 30.0 Å². The number of nitrogens with one attached hydrogen (secondary N) is 2. The van der Waals surface area contributed by atoms with Gasteiger partial charge in [0, 0.05) is 108 Å². The van der Waals surface area contributed by atoms with Crippen LogP contribution < -0.4 is 0 Å². The Bertz CT molecular complexity index is 3300. The van der Waals surface area contributed by atoms with Crippen LogP contribution in [0, 0.1) is 0 Å². The van der Waals surface area contributed by atoms with Crippen molar-refractivity contribution >= 4 is 33.7 Å². The Balaban J connectivity index is 1.33. The van der Waals surface area contributed by atoms with Gasteiger partial charge in [-0.25, -0.2) is 0 Å². The van der Waals surface area contributed by atoms with Gasteiger partial charge in [-0.1, -0.05) is 168 Å². The maximum absolute atomic E-state index is 14.6. The van der Waals surface area contributed by atoms with Crippen molar-refractivity contribution in [3.05, 3.63) is 187 Å². The van der Waals surface area contributed by atoms with Gasteiger partial charge in [0.25, 0.3) is 0 Å². The van der Waals surface area contributed by atoms with Gasteiger partial charge in [-0.05, 0) is 89.4 Å². The summed E-state index contributed by atoms with van der Waals surface area (Å²) in [5.74, 6) is -0.866. The molecule has 0 spiro atoms. The molecule has 3 heterocycles. The molecule has 12 heteroatoms. The lowest BCUT2D eigenvalue weighted by Crippen LogP contribution is -2.43. The van der Waals surface area contributed by atoms with Crippen molar-refractivity contribution in [1.29, 1.82) is 0 Å². The number of hydrogen-bond donors (Lipinski definition) is 6. The number of phenols is 4. The van der Waals surface area contributed by atoms with Gasteiger partial charge in [0.2, 0.25) is 0 Å². The predicted octanol–water partition coefficient (Wildman–Crippen LogP) is 13.7. The summed E-state index contributed by atoms with van der Waals surface area (Å²) in [5, 5.41) is 53.5. The number of esters is 2. The summed E-state index contributed by atoms with van der Waals surface area (Å²) in [7, 11) is 2.78. The van der Waals surface area contributed by atoms with Crippen molar-refractivity contribution < 1.29 is 39.5 Å². The quantitative estimate of drug-likeness (QED) is 0.0805. The molecule has 2 aromatic heterocycles. The van der Waals surface area contributed by atoms with Gasteiger partial charge in [0.05, 0.1) is 14.2 Å². The van der Waals surface area contributed by atoms with Crippen LogP contribution in [0.25, 0.3) is 21.8 Å². The summed E-state index contributed by atoms with van der Waals surface area (Å²) in [6.45, 7) is 25.7. The van der Waals surface area contributed by atoms with E-state index < -0.39 is 45.7 Å². The van der Waals surface area contributed by atoms with Gasteiger partial charge >= 0.3 is 11.9 Å². The minimum absolute atomic E-state index is 0.0216. The molecule has 0 unspecified atom stereocenters. The first-order chi connectivity index (χ1) is 38.5. The fraction of sp³-hybridized carbons (Fsp3) is 0.400. The zero-order valence-electron chi connectivity index (χ0n) is 50.5. The van der Waals surface area contributed by atoms with E-state index in [1.165, 1.54) is 14.2 Å². The van der Waals surface area contributed by atoms with Gasteiger partial charge in [-0.15, -0.1) is 0 Å². The number of aromatic amines is 2. The summed E-state index contributed by atoms with van der Waals surface area (Å²) in [6, 6.07) is 30.2. The van der Waals surface area contributed by atoms with Crippen LogP contribution in [0.2, 0.25) is 0 Å². The van der Waals surface area contributed by atoms with Crippen molar-refractivity contribution in [1.82, 2.24) is 19.8 Å². The number of rotatable bonds is 8. The van der Waals surface area contributed by atoms with Crippen molar-refractivity contribution in [3.8, 4) is 23.0 Å². The average molecular weight is 1110 g/mol. The molecule has 6 aromatic carbocycles. The molecule has 12 nitrogen and oxygen atoms in total. The SMILES string of the molecule is COC(=O)[C@H](Cc1c[nH]c2ccccc12)N1Cc2cc(C(C)(C)C)cc(c2O)Cc2cc(C(C)(C)C)cc(c2O)CN([C@@H](Cc2c[nH]c3ccccc23)C(=O)OC)Cc2cc(C(C)(C)C)cc(c2O)Cc2cc(C(C)(C)C)cc(c2O)C1. The lowest BCUT2D eigenvalue weighted by molar-refractivity contribution is -0.148. The van der Waals surface area contributed by atoms with Gasteiger partial charge in [0.15, 0.2) is 0 Å². The van der Waals surface area contributed by atoms with Crippen LogP contribution in [0.3, 0.4) is 0 Å². The number of fused-ring (bicyclic) bond motifs is 10. The van der Waals surface area contributed by atoms with Gasteiger partial charge in [-0.2, -0.15) is 0 Å². The number of nitrogens with zero attached hydrogens (tertiary/aromatic N) is 2. The third-order valence-electron chi connectivity index (χ3n) is 16.8. The highest BCUT2D eigenvalue weighted by Crippen LogP contribution is 2.43. The lowest BCUT2D eigenvalue weighted by Gasteiger charge is -2.33. The van der Waals surface area contributed by atoms with Crippen LogP contribution in [0.4, 0.5) is 0 Å². The molecule has 0 saturated carbocycles. The first-order valence-corrected chi connectivity index (χ1v) is 28.7. The lowest BCUT2D eigenvalue weighted by atomic mass is 9.81. The largest absolute Gasteiger partial charge is 0.507 e. The standard InChI is InChI=1S/C70H84N4O8/c1-67(2,3)51-25-41-23-42-26-52(68(4,5)6)31-49(62(42)76)39-74(60(66(80)82-14)34-46-36-72-58-22-18-16-20-56(46)58)40-50-32-54(70(10,11)12)28-44(64(50)78)24-43-27-53(69(7,8)9)30-48(63(43)77)38-73(37-47(29-51)61(41)75)59(65(79)81-13)33-45-35-71-57-21-17-15-19-55(45)57/h15-22,25-32,35-36,59-60,71-72,75-78H,23-24,33-34,37-40H2,1-14H3/t59-,60-/m0/s1. The molecule has 1 aliphatic heterocycles. The highest BCUT2D eigenvalue weighted by molar-refractivity contribution is 5.86. The molecular weight excluding hydrogens is 1020 g/mol. The molecule has 0 amide bonds. The Labute approximate surface area is 484 Å². The first-order valence-electron chi connectivity index (χ1n) is 28.7. The molecule has 0 aliphatic carbocycles. The van der Waals surface area contributed by atoms with Crippen LogP contribution in [-0.4, -0.2) is 78.4 Å². The number of aromatic hydroxyl groups is 4. The topological polar surface area (TPSA) is 172 Å². The van der Waals surface area contributed by atoms with Gasteiger partial charge in [-0.3, -0.25) is 19.4 Å². The van der Waals surface area contributed by atoms with Crippen LogP contribution in [0.1, 0.15) is 161 Å². The fourth-order valence-corrected chi connectivity index (χ4v) is 11.6. The second kappa shape index (κ2) is 22.7. The number of phenolic OH excluding ortho intramolecular Hbond substituents is 4. The van der Waals surface area contributed by atoms with Crippen LogP contribution >= 0.6 is 0 Å². The Kier molecular flexibility index (Phi) is 16.3. The summed E-state index contributed by atoms with van der Waals surface area (Å²) < 4.78 is 11.4. The molecule has 9 rings (SSSR count). The number of carbonyl (C=O) groups is 2. The Morgan fingerprint density at radius 2 is 0.695 bits per heavy atom. The van der Waals surface area contributed by atoms with E-state index >= 15 is 0 Å². The fourth-order valence-electron chi connectivity index (χ4n) is 11.6. The summed E-state index contributed by atoms with van der Waals surface area (Å²) in [5.41, 5.74) is 10.4. The molecule has 2 atom stereocenters. The second-order valence-corrected chi connectivity index (χ2v) is 26.9. The third-order valence-corrected chi connectivity index (χ3v) is 16.8. The number of methoxy groups -OCH3 is 2. The molecule has 8 aromatic rings. The van der Waals surface area contributed by atoms with Crippen LogP contribution in [-0.2, 0) is 92.6 Å². The molecule has 432 valence electrons. The minimum Gasteiger partial charge on any atom is -0.507 e. The van der Waals surface area contributed by atoms with Gasteiger partial charge in [0.1, 0.15) is 35.1 Å². The monoisotopic (exact) mass is 1110 g/mol. The number of H-pyrrole nitrogens is 2. The molecule has 0 saturated heterocycles. The highest BCUT2D eigenvalue weighted by atomic mass is 16.5. The molecule has 6 N–H and O–H groups in total. The van der Waals surface area contributed by atoms with Crippen molar-refractivity contribution in [3.63, 3.8) is 0 Å². The second-order valence-electron chi connectivity index (χ2n) is 26.9. The normalized spacial score (nSPS) is 15.1. The van der Waals surface area contributed by atoms with E-state index in [2.05, 4.69) is 93.1 Å². The van der Waals surface area contributed by atoms with Crippen molar-refractivity contribution in [2.24, 2.45) is 0 Å². The van der Waals surface area contributed by atoms with E-state index in [1.54, 1.807) is 0 Å². The number of ether oxygens (including phenoxy) is 2. The maximum atomic E-state index is 14.6. The molecule has 82 heavy (non-hydrogen) atoms. The van der Waals surface area contributed by atoms with E-state index in [1.807, 2.05) is 119 Å². The number of aromatic nitrogens is 2. The summed E-state index contributed by atoms with van der Waals surface area (Å²) in [4.78, 5) is 40.0. The van der Waals surface area contributed by atoms with Crippen molar-refractivity contribution in [2.45, 2.75) is 169 Å². The third kappa shape index (κ3) is 12.4. The van der Waals surface area contributed by atoms with E-state index in [0.29, 0.717) is 44.5 Å². The number of carbonyl (C=O) groups excluding carboxylic acids is 2. The summed E-state index contributed by atoms with van der Waals surface area (Å²) >= 11 is 0. The first kappa shape index (κ1) is 59.1. The Morgan fingerprint density at radius 1 is 0.439 bits per heavy atom. The molecule has 0 radical (unpaired) electrons. The molecule has 0 fully saturated rings. The molecule has 8 bridgehead atoms. The number of para-hydroxylation sites is 2. The van der Waals surface area contributed by atoms with E-state index in [-0.39, 0.29) is 74.9 Å². The highest BCUT2D eigenvalue weighted by Gasteiger charge is 2.35. The number of hydrogen-bond acceptors (Lipinski definition) is 10. The van der Waals surface area contributed by atoms with Crippen LogP contribution in [0.15, 0.2) is 109 Å². The average Bonchev–Trinajstić information content (AvgIpc) is 4.14. The minimum atomic E-state index is -0.901. The van der Waals surface area contributed by atoms with Crippen molar-refractivity contribution in [2.75, 3.05) is 14.2 Å². The Morgan fingerprint density at radius 3 is 0.951 bits per heavy atom. The smallest absolute Gasteiger partial charge is 0.323 e. The van der Waals surface area contributed by atoms with E-state index in [0.717, 1.165) is 55.2 Å². The Hall–Kier alpha value is -7.54. The van der Waals surface area contributed by atoms with Gasteiger partial charge < -0.3 is 39.9 Å². The predicted molar refractivity (Wildman–Crippen MR) is 327 cm³/mol. The molecule has 1 aliphatic rings. The zero-order valence-corrected chi connectivity index (χ0v) is 50.5. The zero-order chi connectivity index (χ0) is 59.4. The molecular formula is C70H84N4O8. The van der Waals surface area contributed by atoms with E-state index in [4.69, 9.17) is 9.47 Å².